The molecule has 0 fully saturated rings. The van der Waals surface area contributed by atoms with Crippen molar-refractivity contribution in [2.24, 2.45) is 0 Å². The number of carbonyl (C=O) groups is 2. The van der Waals surface area contributed by atoms with Crippen LogP contribution in [0.1, 0.15) is 27.6 Å². The number of amides is 1. The second-order valence-electron chi connectivity index (χ2n) is 5.80. The highest BCUT2D eigenvalue weighted by atomic mass is 32.2. The summed E-state index contributed by atoms with van der Waals surface area (Å²) < 4.78 is 32.8. The monoisotopic (exact) mass is 414 g/mol. The van der Waals surface area contributed by atoms with Crippen LogP contribution < -0.4 is 10.0 Å². The summed E-state index contributed by atoms with van der Waals surface area (Å²) >= 11 is 0. The van der Waals surface area contributed by atoms with E-state index in [1.54, 1.807) is 43.3 Å². The molecule has 2 aromatic carbocycles. The average Bonchev–Trinajstić information content (AvgIpc) is 3.20. The van der Waals surface area contributed by atoms with Crippen LogP contribution >= 0.6 is 0 Å². The molecule has 3 rings (SSSR count). The maximum Gasteiger partial charge on any atom is 0.342 e. The lowest BCUT2D eigenvalue weighted by Crippen LogP contribution is -2.20. The lowest BCUT2D eigenvalue weighted by molar-refractivity contribution is 0.0521. The molecule has 1 heterocycles. The van der Waals surface area contributed by atoms with Gasteiger partial charge in [0.05, 0.1) is 24.1 Å². The molecule has 3 aromatic rings. The molecule has 10 heteroatoms. The Bertz CT molecular complexity index is 1130. The standard InChI is InChI=1S/C19H18N4O5S/c1-2-28-19(25)15-12-20-22-18(15)29(26,27)23-16-11-7-6-10-14(16)17(24)21-13-8-4-3-5-9-13/h3-12,23H,2H2,1H3,(H,20,22)(H,21,24). The van der Waals surface area contributed by atoms with Crippen LogP contribution in [0.5, 0.6) is 0 Å². The van der Waals surface area contributed by atoms with Crippen LogP contribution in [0.15, 0.2) is 65.8 Å². The molecule has 9 nitrogen and oxygen atoms in total. The van der Waals surface area contributed by atoms with Gasteiger partial charge < -0.3 is 10.1 Å². The zero-order valence-corrected chi connectivity index (χ0v) is 16.2. The Balaban J connectivity index is 1.88. The first kappa shape index (κ1) is 20.1. The summed E-state index contributed by atoms with van der Waals surface area (Å²) in [6.07, 6.45) is 1.07. The molecular weight excluding hydrogens is 396 g/mol. The number of ether oxygens (including phenoxy) is 1. The van der Waals surface area contributed by atoms with Crippen LogP contribution in [0.3, 0.4) is 0 Å². The average molecular weight is 414 g/mol. The van der Waals surface area contributed by atoms with Crippen molar-refractivity contribution in [1.82, 2.24) is 10.2 Å². The third-order valence-electron chi connectivity index (χ3n) is 3.82. The SMILES string of the molecule is CCOC(=O)c1cn[nH]c1S(=O)(=O)Nc1ccccc1C(=O)Nc1ccccc1. The Morgan fingerprint density at radius 3 is 2.45 bits per heavy atom. The Labute approximate surface area is 167 Å². The third kappa shape index (κ3) is 4.61. The first-order valence-corrected chi connectivity index (χ1v) is 10.1. The third-order valence-corrected chi connectivity index (χ3v) is 5.15. The minimum Gasteiger partial charge on any atom is -0.462 e. The Kier molecular flexibility index (Phi) is 5.93. The van der Waals surface area contributed by atoms with Gasteiger partial charge >= 0.3 is 5.97 Å². The minimum absolute atomic E-state index is 0.0466. The van der Waals surface area contributed by atoms with Crippen LogP contribution in [0.25, 0.3) is 0 Å². The largest absolute Gasteiger partial charge is 0.462 e. The molecule has 0 atom stereocenters. The molecule has 0 aliphatic carbocycles. The Morgan fingerprint density at radius 2 is 1.72 bits per heavy atom. The number of hydrogen-bond donors (Lipinski definition) is 3. The molecule has 1 amide bonds. The lowest BCUT2D eigenvalue weighted by Gasteiger charge is -2.12. The first-order valence-electron chi connectivity index (χ1n) is 8.61. The number of sulfonamides is 1. The molecule has 29 heavy (non-hydrogen) atoms. The van der Waals surface area contributed by atoms with E-state index in [1.165, 1.54) is 12.1 Å². The van der Waals surface area contributed by atoms with Crippen LogP contribution in [-0.2, 0) is 14.8 Å². The van der Waals surface area contributed by atoms with Gasteiger partial charge in [0.2, 0.25) is 0 Å². The molecule has 150 valence electrons. The number of H-pyrrole nitrogens is 1. The first-order chi connectivity index (χ1) is 13.9. The summed E-state index contributed by atoms with van der Waals surface area (Å²) in [4.78, 5) is 24.6. The van der Waals surface area contributed by atoms with Crippen molar-refractivity contribution in [3.8, 4) is 0 Å². The van der Waals surface area contributed by atoms with Crippen LogP contribution in [0, 0.1) is 0 Å². The number of nitrogens with one attached hydrogen (secondary N) is 3. The van der Waals surface area contributed by atoms with Crippen molar-refractivity contribution in [1.29, 1.82) is 0 Å². The van der Waals surface area contributed by atoms with Gasteiger partial charge in [0.25, 0.3) is 15.9 Å². The van der Waals surface area contributed by atoms with E-state index in [1.807, 2.05) is 6.07 Å². The summed E-state index contributed by atoms with van der Waals surface area (Å²) in [6, 6.07) is 14.9. The van der Waals surface area contributed by atoms with Gasteiger partial charge in [-0.15, -0.1) is 0 Å². The van der Waals surface area contributed by atoms with Gasteiger partial charge in [-0.25, -0.2) is 4.79 Å². The van der Waals surface area contributed by atoms with Gasteiger partial charge in [0, 0.05) is 5.69 Å². The number of aromatic amines is 1. The molecular formula is C19H18N4O5S. The minimum atomic E-state index is -4.24. The van der Waals surface area contributed by atoms with E-state index in [4.69, 9.17) is 4.74 Å². The fourth-order valence-corrected chi connectivity index (χ4v) is 3.69. The number of benzene rings is 2. The predicted octanol–water partition coefficient (Wildman–Crippen LogP) is 2.64. The normalized spacial score (nSPS) is 10.9. The fourth-order valence-electron chi connectivity index (χ4n) is 2.52. The van der Waals surface area contributed by atoms with Gasteiger partial charge in [-0.1, -0.05) is 30.3 Å². The number of rotatable bonds is 7. The molecule has 0 unspecified atom stereocenters. The quantitative estimate of drug-likeness (QED) is 0.510. The van der Waals surface area contributed by atoms with Crippen LogP contribution in [-0.4, -0.2) is 37.1 Å². The van der Waals surface area contributed by atoms with E-state index in [2.05, 4.69) is 20.2 Å². The van der Waals surface area contributed by atoms with E-state index in [-0.39, 0.29) is 23.4 Å². The summed E-state index contributed by atoms with van der Waals surface area (Å²) in [5.41, 5.74) is 0.487. The molecule has 0 radical (unpaired) electrons. The highest BCUT2D eigenvalue weighted by Gasteiger charge is 2.27. The summed E-state index contributed by atoms with van der Waals surface area (Å²) in [5, 5.41) is 8.16. The van der Waals surface area contributed by atoms with Crippen molar-refractivity contribution < 1.29 is 22.7 Å². The van der Waals surface area contributed by atoms with Crippen LogP contribution in [0.2, 0.25) is 0 Å². The van der Waals surface area contributed by atoms with Crippen molar-refractivity contribution in [2.45, 2.75) is 11.9 Å². The number of aromatic nitrogens is 2. The molecule has 0 spiro atoms. The van der Waals surface area contributed by atoms with E-state index in [9.17, 15) is 18.0 Å². The number of anilines is 2. The molecule has 0 aliphatic heterocycles. The van der Waals surface area contributed by atoms with Crippen molar-refractivity contribution in [2.75, 3.05) is 16.6 Å². The highest BCUT2D eigenvalue weighted by Crippen LogP contribution is 2.22. The summed E-state index contributed by atoms with van der Waals surface area (Å²) in [7, 11) is -4.24. The number of nitrogens with zero attached hydrogens (tertiary/aromatic N) is 1. The Morgan fingerprint density at radius 1 is 1.03 bits per heavy atom. The Hall–Kier alpha value is -3.66. The maximum absolute atomic E-state index is 12.8. The second-order valence-corrected chi connectivity index (χ2v) is 7.42. The van der Waals surface area contributed by atoms with Crippen molar-refractivity contribution in [3.63, 3.8) is 0 Å². The van der Waals surface area contributed by atoms with Crippen molar-refractivity contribution in [3.05, 3.63) is 71.9 Å². The van der Waals surface area contributed by atoms with E-state index in [0.717, 1.165) is 6.20 Å². The maximum atomic E-state index is 12.8. The predicted molar refractivity (Wildman–Crippen MR) is 106 cm³/mol. The van der Waals surface area contributed by atoms with Gasteiger partial charge in [-0.2, -0.15) is 13.5 Å². The van der Waals surface area contributed by atoms with Gasteiger partial charge in [-0.05, 0) is 31.2 Å². The molecule has 0 saturated carbocycles. The van der Waals surface area contributed by atoms with E-state index in [0.29, 0.717) is 5.69 Å². The van der Waals surface area contributed by atoms with E-state index < -0.39 is 26.9 Å². The zero-order chi connectivity index (χ0) is 20.9. The highest BCUT2D eigenvalue weighted by molar-refractivity contribution is 7.92. The molecule has 0 aliphatic rings. The topological polar surface area (TPSA) is 130 Å². The number of para-hydroxylation sites is 2. The van der Waals surface area contributed by atoms with Gasteiger partial charge in [0.1, 0.15) is 5.56 Å². The van der Waals surface area contributed by atoms with E-state index >= 15 is 0 Å². The number of hydrogen-bond acceptors (Lipinski definition) is 6. The van der Waals surface area contributed by atoms with Gasteiger partial charge in [0.15, 0.2) is 5.03 Å². The molecule has 1 aromatic heterocycles. The summed E-state index contributed by atoms with van der Waals surface area (Å²) in [5.74, 6) is -1.32. The van der Waals surface area contributed by atoms with Gasteiger partial charge in [-0.3, -0.25) is 14.6 Å². The number of carbonyl (C=O) groups excluding carboxylic acids is 2. The second kappa shape index (κ2) is 8.57. The molecule has 0 bridgehead atoms. The lowest BCUT2D eigenvalue weighted by atomic mass is 10.1. The zero-order valence-electron chi connectivity index (χ0n) is 15.4. The van der Waals surface area contributed by atoms with Crippen LogP contribution in [0.4, 0.5) is 11.4 Å². The van der Waals surface area contributed by atoms with Crippen molar-refractivity contribution >= 4 is 33.3 Å². The summed E-state index contributed by atoms with van der Waals surface area (Å²) in [6.45, 7) is 1.69. The smallest absolute Gasteiger partial charge is 0.342 e. The fraction of sp³-hybridized carbons (Fsp3) is 0.105. The number of esters is 1. The molecule has 3 N–H and O–H groups in total. The molecule has 0 saturated heterocycles.